The Kier molecular flexibility index (Phi) is 5.58. The fraction of sp³-hybridized carbons (Fsp3) is 1.00. The minimum absolute atomic E-state index is 0.0283. The summed E-state index contributed by atoms with van der Waals surface area (Å²) in [4.78, 5) is 2.38. The molecule has 3 nitrogen and oxygen atoms in total. The molecular weight excluding hydrogens is 190 g/mol. The first-order valence-corrected chi connectivity index (χ1v) is 6.04. The molecule has 1 aliphatic rings. The molecule has 0 aromatic rings. The molecule has 1 rings (SSSR count). The molecule has 0 N–H and O–H groups in total. The van der Waals surface area contributed by atoms with E-state index in [9.17, 15) is 0 Å². The van der Waals surface area contributed by atoms with Crippen LogP contribution in [0.25, 0.3) is 0 Å². The van der Waals surface area contributed by atoms with E-state index in [2.05, 4.69) is 32.7 Å². The average molecular weight is 215 g/mol. The minimum atomic E-state index is 0.0283. The second-order valence-corrected chi connectivity index (χ2v) is 4.78. The normalized spacial score (nSPS) is 21.2. The molecule has 0 amide bonds. The molecule has 15 heavy (non-hydrogen) atoms. The van der Waals surface area contributed by atoms with Crippen molar-refractivity contribution in [3.05, 3.63) is 0 Å². The van der Waals surface area contributed by atoms with Crippen molar-refractivity contribution in [3.8, 4) is 0 Å². The summed E-state index contributed by atoms with van der Waals surface area (Å²) in [7, 11) is 2.17. The van der Waals surface area contributed by atoms with E-state index in [0.29, 0.717) is 12.0 Å². The van der Waals surface area contributed by atoms with Crippen LogP contribution < -0.4 is 0 Å². The highest BCUT2D eigenvalue weighted by atomic mass is 16.7. The van der Waals surface area contributed by atoms with Crippen LogP contribution >= 0.6 is 0 Å². The molecule has 0 aliphatic carbocycles. The second-order valence-electron chi connectivity index (χ2n) is 4.78. The van der Waals surface area contributed by atoms with Crippen LogP contribution in [-0.2, 0) is 9.47 Å². The van der Waals surface area contributed by atoms with Crippen molar-refractivity contribution in [2.24, 2.45) is 5.92 Å². The zero-order valence-electron chi connectivity index (χ0n) is 10.5. The van der Waals surface area contributed by atoms with Gasteiger partial charge >= 0.3 is 0 Å². The van der Waals surface area contributed by atoms with Gasteiger partial charge in [-0.05, 0) is 26.3 Å². The molecule has 0 saturated carbocycles. The minimum Gasteiger partial charge on any atom is -0.353 e. The van der Waals surface area contributed by atoms with Crippen LogP contribution in [-0.4, -0.2) is 44.0 Å². The van der Waals surface area contributed by atoms with Crippen molar-refractivity contribution in [1.82, 2.24) is 4.90 Å². The molecule has 1 fully saturated rings. The topological polar surface area (TPSA) is 21.7 Å². The molecule has 3 heteroatoms. The summed E-state index contributed by atoms with van der Waals surface area (Å²) in [5.41, 5.74) is 0. The molecule has 1 saturated heterocycles. The first kappa shape index (κ1) is 12.9. The van der Waals surface area contributed by atoms with Gasteiger partial charge in [0.05, 0.1) is 13.2 Å². The number of hydrogen-bond donors (Lipinski definition) is 0. The first-order valence-electron chi connectivity index (χ1n) is 6.04. The first-order chi connectivity index (χ1) is 7.11. The Morgan fingerprint density at radius 2 is 1.80 bits per heavy atom. The Bertz CT molecular complexity index is 167. The fourth-order valence-electron chi connectivity index (χ4n) is 1.72. The maximum absolute atomic E-state index is 5.52. The van der Waals surface area contributed by atoms with Gasteiger partial charge in [0.15, 0.2) is 6.29 Å². The van der Waals surface area contributed by atoms with Gasteiger partial charge in [-0.3, -0.25) is 0 Å². The molecule has 0 aromatic heterocycles. The lowest BCUT2D eigenvalue weighted by Gasteiger charge is -2.30. The van der Waals surface area contributed by atoms with Crippen LogP contribution in [0.15, 0.2) is 0 Å². The number of ether oxygens (including phenoxy) is 2. The Morgan fingerprint density at radius 1 is 1.20 bits per heavy atom. The van der Waals surface area contributed by atoms with Crippen LogP contribution in [0, 0.1) is 5.92 Å². The van der Waals surface area contributed by atoms with Crippen molar-refractivity contribution in [2.45, 2.75) is 45.9 Å². The quantitative estimate of drug-likeness (QED) is 0.701. The molecule has 0 aromatic carbocycles. The van der Waals surface area contributed by atoms with E-state index in [1.165, 1.54) is 0 Å². The lowest BCUT2D eigenvalue weighted by molar-refractivity contribution is -0.182. The van der Waals surface area contributed by atoms with E-state index in [4.69, 9.17) is 9.47 Å². The summed E-state index contributed by atoms with van der Waals surface area (Å²) in [6.45, 7) is 9.54. The Balaban J connectivity index is 2.17. The fourth-order valence-corrected chi connectivity index (χ4v) is 1.72. The Morgan fingerprint density at radius 3 is 2.33 bits per heavy atom. The number of rotatable bonds is 5. The highest BCUT2D eigenvalue weighted by Gasteiger charge is 2.17. The van der Waals surface area contributed by atoms with Crippen LogP contribution in [0.4, 0.5) is 0 Å². The lowest BCUT2D eigenvalue weighted by atomic mass is 10.1. The summed E-state index contributed by atoms with van der Waals surface area (Å²) in [5.74, 6) is 0.697. The van der Waals surface area contributed by atoms with E-state index in [-0.39, 0.29) is 6.29 Å². The maximum Gasteiger partial charge on any atom is 0.158 e. The van der Waals surface area contributed by atoms with E-state index < -0.39 is 0 Å². The average Bonchev–Trinajstić information content (AvgIpc) is 2.26. The van der Waals surface area contributed by atoms with Gasteiger partial charge in [0.2, 0.25) is 0 Å². The molecule has 1 atom stereocenters. The maximum atomic E-state index is 5.52. The molecule has 0 spiro atoms. The van der Waals surface area contributed by atoms with Crippen LogP contribution in [0.1, 0.15) is 33.6 Å². The van der Waals surface area contributed by atoms with Gasteiger partial charge in [-0.15, -0.1) is 0 Å². The number of nitrogens with zero attached hydrogens (tertiary/aromatic N) is 1. The predicted molar refractivity (Wildman–Crippen MR) is 61.9 cm³/mol. The van der Waals surface area contributed by atoms with Crippen LogP contribution in [0.5, 0.6) is 0 Å². The largest absolute Gasteiger partial charge is 0.353 e. The standard InChI is InChI=1S/C12H25NO2/c1-10(2)11(3)13(4)7-6-12-14-8-5-9-15-12/h10-12H,5-9H2,1-4H3. The van der Waals surface area contributed by atoms with Gasteiger partial charge in [-0.1, -0.05) is 13.8 Å². The van der Waals surface area contributed by atoms with Crippen LogP contribution in [0.2, 0.25) is 0 Å². The van der Waals surface area contributed by atoms with Gasteiger partial charge in [-0.25, -0.2) is 0 Å². The van der Waals surface area contributed by atoms with Crippen molar-refractivity contribution in [3.63, 3.8) is 0 Å². The number of hydrogen-bond acceptors (Lipinski definition) is 3. The summed E-state index contributed by atoms with van der Waals surface area (Å²) >= 11 is 0. The van der Waals surface area contributed by atoms with Gasteiger partial charge in [0.1, 0.15) is 0 Å². The molecule has 1 heterocycles. The zero-order chi connectivity index (χ0) is 11.3. The van der Waals surface area contributed by atoms with E-state index in [0.717, 1.165) is 32.6 Å². The Hall–Kier alpha value is -0.120. The smallest absolute Gasteiger partial charge is 0.158 e. The molecular formula is C12H25NO2. The molecule has 1 aliphatic heterocycles. The van der Waals surface area contributed by atoms with Crippen molar-refractivity contribution < 1.29 is 9.47 Å². The second kappa shape index (κ2) is 6.46. The molecule has 0 bridgehead atoms. The highest BCUT2D eigenvalue weighted by molar-refractivity contribution is 4.67. The van der Waals surface area contributed by atoms with E-state index in [1.54, 1.807) is 0 Å². The lowest BCUT2D eigenvalue weighted by Crippen LogP contribution is -2.36. The van der Waals surface area contributed by atoms with E-state index >= 15 is 0 Å². The summed E-state index contributed by atoms with van der Waals surface area (Å²) in [6, 6.07) is 0.619. The molecule has 0 radical (unpaired) electrons. The predicted octanol–water partition coefficient (Wildman–Crippen LogP) is 2.12. The summed E-state index contributed by atoms with van der Waals surface area (Å²) < 4.78 is 11.0. The van der Waals surface area contributed by atoms with Crippen molar-refractivity contribution in [1.29, 1.82) is 0 Å². The molecule has 1 unspecified atom stereocenters. The van der Waals surface area contributed by atoms with Crippen molar-refractivity contribution >= 4 is 0 Å². The van der Waals surface area contributed by atoms with Gasteiger partial charge in [0, 0.05) is 19.0 Å². The Labute approximate surface area is 93.7 Å². The van der Waals surface area contributed by atoms with Gasteiger partial charge in [0.25, 0.3) is 0 Å². The van der Waals surface area contributed by atoms with Crippen molar-refractivity contribution in [2.75, 3.05) is 26.8 Å². The van der Waals surface area contributed by atoms with Gasteiger partial charge in [-0.2, -0.15) is 0 Å². The highest BCUT2D eigenvalue weighted by Crippen LogP contribution is 2.12. The third-order valence-electron chi connectivity index (χ3n) is 3.27. The monoisotopic (exact) mass is 215 g/mol. The summed E-state index contributed by atoms with van der Waals surface area (Å²) in [5, 5.41) is 0. The van der Waals surface area contributed by atoms with Gasteiger partial charge < -0.3 is 14.4 Å². The molecule has 90 valence electrons. The summed E-state index contributed by atoms with van der Waals surface area (Å²) in [6.07, 6.45) is 2.04. The SMILES string of the molecule is CC(C)C(C)N(C)CCC1OCCCO1. The third-order valence-corrected chi connectivity index (χ3v) is 3.27. The zero-order valence-corrected chi connectivity index (χ0v) is 10.5. The van der Waals surface area contributed by atoms with Crippen LogP contribution in [0.3, 0.4) is 0 Å². The van der Waals surface area contributed by atoms with E-state index in [1.807, 2.05) is 0 Å². The third kappa shape index (κ3) is 4.49.